The molecular formula is C19H20N2O3S. The Labute approximate surface area is 150 Å². The van der Waals surface area contributed by atoms with Crippen LogP contribution in [0.15, 0.2) is 53.3 Å². The number of carbonyl (C=O) groups excluding carboxylic acids is 1. The van der Waals surface area contributed by atoms with E-state index in [2.05, 4.69) is 5.32 Å². The number of ether oxygens (including phenoxy) is 1. The summed E-state index contributed by atoms with van der Waals surface area (Å²) in [5, 5.41) is 3.54. The summed E-state index contributed by atoms with van der Waals surface area (Å²) >= 11 is 1.31. The quantitative estimate of drug-likeness (QED) is 0.737. The summed E-state index contributed by atoms with van der Waals surface area (Å²) in [6.45, 7) is 4.59. The molecule has 0 fully saturated rings. The number of hydrogen-bond acceptors (Lipinski definition) is 4. The normalized spacial score (nSPS) is 12.1. The zero-order valence-corrected chi connectivity index (χ0v) is 15.0. The highest BCUT2D eigenvalue weighted by molar-refractivity contribution is 7.14. The largest absolute Gasteiger partial charge is 0.494 e. The number of amides is 1. The first-order chi connectivity index (χ1) is 12.1. The van der Waals surface area contributed by atoms with Crippen LogP contribution in [0.5, 0.6) is 5.75 Å². The van der Waals surface area contributed by atoms with Gasteiger partial charge in [-0.2, -0.15) is 0 Å². The molecule has 0 saturated heterocycles. The molecule has 6 heteroatoms. The van der Waals surface area contributed by atoms with Gasteiger partial charge in [-0.3, -0.25) is 13.5 Å². The molecule has 2 aromatic carbocycles. The zero-order chi connectivity index (χ0) is 17.8. The van der Waals surface area contributed by atoms with Crippen LogP contribution in [0.25, 0.3) is 10.1 Å². The van der Waals surface area contributed by atoms with Crippen molar-refractivity contribution in [3.8, 4) is 5.75 Å². The monoisotopic (exact) mass is 356 g/mol. The maximum atomic E-state index is 12.5. The molecule has 0 spiro atoms. The first-order valence-electron chi connectivity index (χ1n) is 8.20. The summed E-state index contributed by atoms with van der Waals surface area (Å²) in [4.78, 5) is 25.0. The van der Waals surface area contributed by atoms with Crippen molar-refractivity contribution >= 4 is 27.5 Å². The van der Waals surface area contributed by atoms with E-state index in [4.69, 9.17) is 4.74 Å². The van der Waals surface area contributed by atoms with Crippen molar-refractivity contribution < 1.29 is 9.53 Å². The van der Waals surface area contributed by atoms with E-state index in [0.717, 1.165) is 16.0 Å². The Morgan fingerprint density at radius 2 is 1.92 bits per heavy atom. The van der Waals surface area contributed by atoms with Crippen LogP contribution < -0.4 is 15.6 Å². The van der Waals surface area contributed by atoms with Crippen LogP contribution in [-0.4, -0.2) is 16.5 Å². The maximum Gasteiger partial charge on any atom is 0.269 e. The lowest BCUT2D eigenvalue weighted by Crippen LogP contribution is -2.33. The van der Waals surface area contributed by atoms with Crippen LogP contribution >= 0.6 is 11.5 Å². The number of hydrogen-bond donors (Lipinski definition) is 1. The molecule has 1 N–H and O–H groups in total. The minimum absolute atomic E-state index is 0.127. The lowest BCUT2D eigenvalue weighted by molar-refractivity contribution is -0.123. The molecule has 25 heavy (non-hydrogen) atoms. The number of rotatable bonds is 6. The molecule has 0 unspecified atom stereocenters. The van der Waals surface area contributed by atoms with Gasteiger partial charge in [-0.05, 0) is 32.0 Å². The molecule has 130 valence electrons. The lowest BCUT2D eigenvalue weighted by Gasteiger charge is -2.14. The summed E-state index contributed by atoms with van der Waals surface area (Å²) in [6.07, 6.45) is 0. The van der Waals surface area contributed by atoms with E-state index in [1.807, 2.05) is 49.4 Å². The maximum absolute atomic E-state index is 12.5. The van der Waals surface area contributed by atoms with Gasteiger partial charge < -0.3 is 10.1 Å². The number of aromatic nitrogens is 1. The predicted molar refractivity (Wildman–Crippen MR) is 100 cm³/mol. The van der Waals surface area contributed by atoms with Crippen molar-refractivity contribution in [1.29, 1.82) is 0 Å². The SMILES string of the molecule is CCOc1ccccc1CNC(=O)[C@@H](C)n1sc2ccccc2c1=O. The number of nitrogens with zero attached hydrogens (tertiary/aromatic N) is 1. The first kappa shape index (κ1) is 17.2. The van der Waals surface area contributed by atoms with Gasteiger partial charge in [0, 0.05) is 12.1 Å². The van der Waals surface area contributed by atoms with Crippen LogP contribution in [0.3, 0.4) is 0 Å². The predicted octanol–water partition coefficient (Wildman–Crippen LogP) is 3.34. The highest BCUT2D eigenvalue weighted by Gasteiger charge is 2.19. The molecule has 3 aromatic rings. The van der Waals surface area contributed by atoms with E-state index < -0.39 is 6.04 Å². The molecule has 3 rings (SSSR count). The first-order valence-corrected chi connectivity index (χ1v) is 8.98. The summed E-state index contributed by atoms with van der Waals surface area (Å²) in [5.74, 6) is 0.567. The Morgan fingerprint density at radius 1 is 1.20 bits per heavy atom. The summed E-state index contributed by atoms with van der Waals surface area (Å²) < 4.78 is 7.97. The van der Waals surface area contributed by atoms with E-state index in [9.17, 15) is 9.59 Å². The van der Waals surface area contributed by atoms with Crippen LogP contribution in [0.1, 0.15) is 25.5 Å². The fourth-order valence-corrected chi connectivity index (χ4v) is 3.67. The average Bonchev–Trinajstić information content (AvgIpc) is 2.97. The number of benzene rings is 2. The fraction of sp³-hybridized carbons (Fsp3) is 0.263. The third kappa shape index (κ3) is 3.58. The number of carbonyl (C=O) groups is 1. The second-order valence-electron chi connectivity index (χ2n) is 5.65. The Morgan fingerprint density at radius 3 is 2.68 bits per heavy atom. The topological polar surface area (TPSA) is 60.3 Å². The number of nitrogens with one attached hydrogen (secondary N) is 1. The molecule has 0 radical (unpaired) electrons. The zero-order valence-electron chi connectivity index (χ0n) is 14.2. The van der Waals surface area contributed by atoms with Crippen molar-refractivity contribution in [3.63, 3.8) is 0 Å². The van der Waals surface area contributed by atoms with Crippen LogP contribution in [-0.2, 0) is 11.3 Å². The average molecular weight is 356 g/mol. The van der Waals surface area contributed by atoms with Crippen molar-refractivity contribution in [1.82, 2.24) is 9.27 Å². The Kier molecular flexibility index (Phi) is 5.19. The van der Waals surface area contributed by atoms with E-state index >= 15 is 0 Å². The van der Waals surface area contributed by atoms with Crippen molar-refractivity contribution in [2.24, 2.45) is 0 Å². The van der Waals surface area contributed by atoms with Gasteiger partial charge in [-0.15, -0.1) is 0 Å². The lowest BCUT2D eigenvalue weighted by atomic mass is 10.2. The third-order valence-corrected chi connectivity index (χ3v) is 5.20. The van der Waals surface area contributed by atoms with Crippen molar-refractivity contribution in [2.75, 3.05) is 6.61 Å². The van der Waals surface area contributed by atoms with Gasteiger partial charge in [0.2, 0.25) is 5.91 Å². The summed E-state index contributed by atoms with van der Waals surface area (Å²) in [5.41, 5.74) is 0.784. The van der Waals surface area contributed by atoms with Crippen LogP contribution in [0.2, 0.25) is 0 Å². The van der Waals surface area contributed by atoms with E-state index in [1.165, 1.54) is 15.5 Å². The standard InChI is InChI=1S/C19H20N2O3S/c1-3-24-16-10-6-4-8-14(16)12-20-18(22)13(2)21-19(23)15-9-5-7-11-17(15)25-21/h4-11,13H,3,12H2,1-2H3,(H,20,22)/t13-/m1/s1. The molecule has 0 aliphatic heterocycles. The number of fused-ring (bicyclic) bond motifs is 1. The second kappa shape index (κ2) is 7.53. The third-order valence-electron chi connectivity index (χ3n) is 3.97. The van der Waals surface area contributed by atoms with Crippen molar-refractivity contribution in [3.05, 3.63) is 64.4 Å². The van der Waals surface area contributed by atoms with E-state index in [0.29, 0.717) is 18.5 Å². The Hall–Kier alpha value is -2.60. The molecule has 0 aliphatic carbocycles. The van der Waals surface area contributed by atoms with Crippen LogP contribution in [0.4, 0.5) is 0 Å². The minimum atomic E-state index is -0.566. The molecule has 5 nitrogen and oxygen atoms in total. The molecule has 0 aliphatic rings. The van der Waals surface area contributed by atoms with Gasteiger partial charge in [0.15, 0.2) is 0 Å². The molecular weight excluding hydrogens is 336 g/mol. The molecule has 0 saturated carbocycles. The van der Waals surface area contributed by atoms with Gasteiger partial charge in [0.1, 0.15) is 11.8 Å². The van der Waals surface area contributed by atoms with Gasteiger partial charge in [-0.1, -0.05) is 41.9 Å². The van der Waals surface area contributed by atoms with Gasteiger partial charge in [-0.25, -0.2) is 0 Å². The highest BCUT2D eigenvalue weighted by Crippen LogP contribution is 2.20. The molecule has 1 heterocycles. The molecule has 0 bridgehead atoms. The van der Waals surface area contributed by atoms with Gasteiger partial charge in [0.25, 0.3) is 5.56 Å². The number of para-hydroxylation sites is 1. The van der Waals surface area contributed by atoms with E-state index in [1.54, 1.807) is 13.0 Å². The molecule has 1 amide bonds. The van der Waals surface area contributed by atoms with E-state index in [-0.39, 0.29) is 11.5 Å². The fourth-order valence-electron chi connectivity index (χ4n) is 2.63. The Balaban J connectivity index is 1.75. The highest BCUT2D eigenvalue weighted by atomic mass is 32.1. The summed E-state index contributed by atoms with van der Waals surface area (Å²) in [7, 11) is 0. The molecule has 1 atom stereocenters. The second-order valence-corrected chi connectivity index (χ2v) is 6.67. The molecule has 1 aromatic heterocycles. The smallest absolute Gasteiger partial charge is 0.269 e. The van der Waals surface area contributed by atoms with Crippen LogP contribution in [0, 0.1) is 0 Å². The van der Waals surface area contributed by atoms with Crippen molar-refractivity contribution in [2.45, 2.75) is 26.4 Å². The summed E-state index contributed by atoms with van der Waals surface area (Å²) in [6, 6.07) is 14.4. The van der Waals surface area contributed by atoms with Gasteiger partial charge in [0.05, 0.1) is 16.7 Å². The van der Waals surface area contributed by atoms with Gasteiger partial charge >= 0.3 is 0 Å². The minimum Gasteiger partial charge on any atom is -0.494 e. The Bertz CT molecular complexity index is 945.